The molecule has 0 spiro atoms. The van der Waals surface area contributed by atoms with Crippen LogP contribution >= 0.6 is 0 Å². The molecule has 26 heavy (non-hydrogen) atoms. The van der Waals surface area contributed by atoms with Gasteiger partial charge in [-0.1, -0.05) is 13.0 Å². The van der Waals surface area contributed by atoms with Gasteiger partial charge in [0.1, 0.15) is 17.2 Å². The number of carboxylic acid groups (broad SMARTS) is 1. The number of nitrogens with zero attached hydrogens (tertiary/aromatic N) is 3. The summed E-state index contributed by atoms with van der Waals surface area (Å²) in [5, 5.41) is 12.1. The molecule has 3 aromatic rings. The molecule has 0 saturated carbocycles. The van der Waals surface area contributed by atoms with Crippen LogP contribution in [0.25, 0.3) is 16.9 Å². The Bertz CT molecular complexity index is 1000. The molecule has 0 aromatic carbocycles. The molecule has 3 aromatic heterocycles. The molecule has 0 unspecified atom stereocenters. The summed E-state index contributed by atoms with van der Waals surface area (Å²) >= 11 is 0. The third-order valence-electron chi connectivity index (χ3n) is 4.33. The van der Waals surface area contributed by atoms with Crippen LogP contribution in [0, 0.1) is 0 Å². The second-order valence-corrected chi connectivity index (χ2v) is 6.14. The fraction of sp³-hybridized carbons (Fsp3) is 0.316. The third-order valence-corrected chi connectivity index (χ3v) is 4.33. The Kier molecular flexibility index (Phi) is 5.06. The van der Waals surface area contributed by atoms with Gasteiger partial charge >= 0.3 is 5.97 Å². The standard InChI is InChI=1S/C19H22N4O3/c1-3-13-7-4-9-15-21-17(14-8-6-12-22(2)19(14)26)18(23(13)15)20-11-5-10-16(24)25/h4,6-9,12,20H,3,5,10-11H2,1-2H3,(H,24,25). The Balaban J connectivity index is 2.12. The zero-order chi connectivity index (χ0) is 18.7. The van der Waals surface area contributed by atoms with E-state index < -0.39 is 5.97 Å². The van der Waals surface area contributed by atoms with Crippen LogP contribution in [0.15, 0.2) is 41.3 Å². The van der Waals surface area contributed by atoms with Crippen LogP contribution in [0.2, 0.25) is 0 Å². The summed E-state index contributed by atoms with van der Waals surface area (Å²) in [4.78, 5) is 28.0. The van der Waals surface area contributed by atoms with Crippen LogP contribution in [0.4, 0.5) is 5.82 Å². The Hall–Kier alpha value is -3.09. The first-order valence-corrected chi connectivity index (χ1v) is 8.65. The van der Waals surface area contributed by atoms with Gasteiger partial charge in [-0.15, -0.1) is 0 Å². The van der Waals surface area contributed by atoms with Crippen molar-refractivity contribution in [1.82, 2.24) is 14.0 Å². The van der Waals surface area contributed by atoms with Gasteiger partial charge in [-0.05, 0) is 37.1 Å². The maximum atomic E-state index is 12.6. The minimum absolute atomic E-state index is 0.0901. The summed E-state index contributed by atoms with van der Waals surface area (Å²) in [6, 6.07) is 9.44. The Morgan fingerprint density at radius 2 is 2.08 bits per heavy atom. The van der Waals surface area contributed by atoms with Crippen molar-refractivity contribution in [1.29, 1.82) is 0 Å². The summed E-state index contributed by atoms with van der Waals surface area (Å²) in [5.74, 6) is -0.0949. The van der Waals surface area contributed by atoms with Gasteiger partial charge in [-0.25, -0.2) is 4.98 Å². The maximum absolute atomic E-state index is 12.6. The number of aromatic nitrogens is 3. The molecular weight excluding hydrogens is 332 g/mol. The summed E-state index contributed by atoms with van der Waals surface area (Å²) in [6.45, 7) is 2.54. The molecule has 2 N–H and O–H groups in total. The van der Waals surface area contributed by atoms with E-state index in [1.54, 1.807) is 19.3 Å². The number of fused-ring (bicyclic) bond motifs is 1. The van der Waals surface area contributed by atoms with Crippen LogP contribution in [0.5, 0.6) is 0 Å². The number of hydrogen-bond acceptors (Lipinski definition) is 4. The van der Waals surface area contributed by atoms with Gasteiger partial charge in [-0.3, -0.25) is 14.0 Å². The van der Waals surface area contributed by atoms with E-state index >= 15 is 0 Å². The number of aliphatic carboxylic acids is 1. The maximum Gasteiger partial charge on any atom is 0.303 e. The summed E-state index contributed by atoms with van der Waals surface area (Å²) < 4.78 is 3.52. The summed E-state index contributed by atoms with van der Waals surface area (Å²) in [5.41, 5.74) is 2.80. The highest BCUT2D eigenvalue weighted by Gasteiger charge is 2.18. The molecule has 0 saturated heterocycles. The number of carbonyl (C=O) groups is 1. The van der Waals surface area contributed by atoms with Crippen molar-refractivity contribution in [3.8, 4) is 11.3 Å². The molecule has 0 aliphatic rings. The van der Waals surface area contributed by atoms with Crippen LogP contribution in [-0.2, 0) is 18.3 Å². The predicted octanol–water partition coefficient (Wildman–Crippen LogP) is 2.54. The van der Waals surface area contributed by atoms with Crippen LogP contribution in [-0.4, -0.2) is 31.6 Å². The van der Waals surface area contributed by atoms with Gasteiger partial charge in [0.15, 0.2) is 0 Å². The Labute approximate surface area is 150 Å². The molecule has 0 amide bonds. The van der Waals surface area contributed by atoms with Gasteiger partial charge < -0.3 is 15.0 Å². The first kappa shape index (κ1) is 17.7. The smallest absolute Gasteiger partial charge is 0.303 e. The van der Waals surface area contributed by atoms with Crippen LogP contribution in [0.1, 0.15) is 25.5 Å². The number of anilines is 1. The Morgan fingerprint density at radius 3 is 2.81 bits per heavy atom. The third kappa shape index (κ3) is 3.33. The normalized spacial score (nSPS) is 11.0. The SMILES string of the molecule is CCc1cccc2nc(-c3cccn(C)c3=O)c(NCCCC(=O)O)n12. The second-order valence-electron chi connectivity index (χ2n) is 6.14. The average Bonchev–Trinajstić information content (AvgIpc) is 2.99. The number of carboxylic acids is 1. The predicted molar refractivity (Wildman–Crippen MR) is 101 cm³/mol. The van der Waals surface area contributed by atoms with E-state index in [-0.39, 0.29) is 12.0 Å². The number of hydrogen-bond donors (Lipinski definition) is 2. The Morgan fingerprint density at radius 1 is 1.27 bits per heavy atom. The average molecular weight is 354 g/mol. The first-order valence-electron chi connectivity index (χ1n) is 8.65. The van der Waals surface area contributed by atoms with E-state index in [4.69, 9.17) is 5.11 Å². The number of imidazole rings is 1. The second kappa shape index (κ2) is 7.43. The van der Waals surface area contributed by atoms with E-state index in [2.05, 4.69) is 17.2 Å². The summed E-state index contributed by atoms with van der Waals surface area (Å²) in [6.07, 6.45) is 3.10. The molecule has 0 atom stereocenters. The highest BCUT2D eigenvalue weighted by Crippen LogP contribution is 2.28. The molecule has 7 nitrogen and oxygen atoms in total. The van der Waals surface area contributed by atoms with Gasteiger partial charge in [0.05, 0.1) is 5.56 Å². The van der Waals surface area contributed by atoms with Gasteiger partial charge in [0.2, 0.25) is 0 Å². The monoisotopic (exact) mass is 354 g/mol. The van der Waals surface area contributed by atoms with E-state index in [0.29, 0.717) is 24.2 Å². The zero-order valence-electron chi connectivity index (χ0n) is 14.9. The first-order chi connectivity index (χ1) is 12.5. The highest BCUT2D eigenvalue weighted by atomic mass is 16.4. The van der Waals surface area contributed by atoms with Crippen molar-refractivity contribution < 1.29 is 9.90 Å². The van der Waals surface area contributed by atoms with Crippen LogP contribution in [0.3, 0.4) is 0 Å². The quantitative estimate of drug-likeness (QED) is 0.637. The molecule has 7 heteroatoms. The highest BCUT2D eigenvalue weighted by molar-refractivity contribution is 5.76. The zero-order valence-corrected chi connectivity index (χ0v) is 14.9. The van der Waals surface area contributed by atoms with Crippen molar-refractivity contribution in [3.63, 3.8) is 0 Å². The van der Waals surface area contributed by atoms with E-state index in [0.717, 1.165) is 23.6 Å². The molecule has 0 aliphatic heterocycles. The van der Waals surface area contributed by atoms with Crippen molar-refractivity contribution in [2.24, 2.45) is 7.05 Å². The largest absolute Gasteiger partial charge is 0.481 e. The number of pyridine rings is 2. The summed E-state index contributed by atoms with van der Waals surface area (Å²) in [7, 11) is 1.71. The van der Waals surface area contributed by atoms with Crippen molar-refractivity contribution in [2.75, 3.05) is 11.9 Å². The van der Waals surface area contributed by atoms with Gasteiger partial charge in [-0.2, -0.15) is 0 Å². The van der Waals surface area contributed by atoms with Crippen molar-refractivity contribution >= 4 is 17.4 Å². The number of aryl methyl sites for hydroxylation is 2. The van der Waals surface area contributed by atoms with Crippen molar-refractivity contribution in [3.05, 3.63) is 52.6 Å². The number of rotatable bonds is 7. The fourth-order valence-corrected chi connectivity index (χ4v) is 3.01. The molecule has 0 aliphatic carbocycles. The lowest BCUT2D eigenvalue weighted by molar-refractivity contribution is -0.137. The van der Waals surface area contributed by atoms with E-state index in [1.165, 1.54) is 4.57 Å². The molecule has 136 valence electrons. The minimum atomic E-state index is -0.823. The topological polar surface area (TPSA) is 88.6 Å². The van der Waals surface area contributed by atoms with E-state index in [1.807, 2.05) is 28.7 Å². The lowest BCUT2D eigenvalue weighted by atomic mass is 10.2. The molecule has 0 bridgehead atoms. The lowest BCUT2D eigenvalue weighted by Crippen LogP contribution is -2.18. The van der Waals surface area contributed by atoms with Crippen molar-refractivity contribution in [2.45, 2.75) is 26.2 Å². The molecule has 3 rings (SSSR count). The molecular formula is C19H22N4O3. The van der Waals surface area contributed by atoms with Gasteiger partial charge in [0.25, 0.3) is 5.56 Å². The lowest BCUT2D eigenvalue weighted by Gasteiger charge is -2.11. The molecule has 0 radical (unpaired) electrons. The van der Waals surface area contributed by atoms with Crippen LogP contribution < -0.4 is 10.9 Å². The molecule has 0 fully saturated rings. The van der Waals surface area contributed by atoms with Gasteiger partial charge in [0, 0.05) is 31.9 Å². The van der Waals surface area contributed by atoms with E-state index in [9.17, 15) is 9.59 Å². The molecule has 3 heterocycles. The fourth-order valence-electron chi connectivity index (χ4n) is 3.01. The minimum Gasteiger partial charge on any atom is -0.481 e. The number of nitrogens with one attached hydrogen (secondary N) is 1.